The van der Waals surface area contributed by atoms with Crippen LogP contribution in [0.3, 0.4) is 0 Å². The van der Waals surface area contributed by atoms with Gasteiger partial charge in [-0.05, 0) is 51.1 Å². The third-order valence-corrected chi connectivity index (χ3v) is 3.52. The molecule has 0 aliphatic rings. The van der Waals surface area contributed by atoms with Crippen molar-refractivity contribution in [3.63, 3.8) is 0 Å². The van der Waals surface area contributed by atoms with Gasteiger partial charge >= 0.3 is 12.3 Å². The van der Waals surface area contributed by atoms with Crippen LogP contribution in [0.25, 0.3) is 0 Å². The average molecular weight is 392 g/mol. The minimum Gasteiger partial charge on any atom is -0.443 e. The van der Waals surface area contributed by atoms with Crippen molar-refractivity contribution in [1.82, 2.24) is 4.98 Å². The molecule has 0 fully saturated rings. The van der Waals surface area contributed by atoms with Gasteiger partial charge in [0.05, 0.1) is 28.7 Å². The molecule has 6 nitrogen and oxygen atoms in total. The molecule has 28 heavy (non-hydrogen) atoms. The van der Waals surface area contributed by atoms with Crippen LogP contribution in [0.5, 0.6) is 0 Å². The molecule has 2 rings (SSSR count). The number of ether oxygens (including phenoxy) is 1. The lowest BCUT2D eigenvalue weighted by molar-refractivity contribution is -0.137. The van der Waals surface area contributed by atoms with Gasteiger partial charge in [0.15, 0.2) is 5.82 Å². The number of nitrogens with zero attached hydrogens (tertiary/aromatic N) is 3. The van der Waals surface area contributed by atoms with Crippen LogP contribution in [0, 0.1) is 11.3 Å². The number of amides is 1. The van der Waals surface area contributed by atoms with E-state index in [9.17, 15) is 23.2 Å². The standard InChI is InChI=1S/C19H19F3N4O2/c1-18(2,3)28-17(27)26(15-7-5-13(6-8-15)19(20,21)22)16-12(10-23)9-14(24-4)11-25-16/h5-9,11,24H,1-4H3. The number of pyridine rings is 1. The minimum atomic E-state index is -4.51. The molecule has 1 amide bonds. The molecular weight excluding hydrogens is 373 g/mol. The van der Waals surface area contributed by atoms with E-state index in [1.54, 1.807) is 27.8 Å². The summed E-state index contributed by atoms with van der Waals surface area (Å²) in [6, 6.07) is 7.37. The van der Waals surface area contributed by atoms with Crippen molar-refractivity contribution in [1.29, 1.82) is 5.26 Å². The number of rotatable bonds is 3. The van der Waals surface area contributed by atoms with Crippen LogP contribution in [0.4, 0.5) is 35.2 Å². The maximum Gasteiger partial charge on any atom is 0.420 e. The molecule has 1 aromatic carbocycles. The van der Waals surface area contributed by atoms with Crippen molar-refractivity contribution in [2.24, 2.45) is 0 Å². The Bertz CT molecular complexity index is 897. The van der Waals surface area contributed by atoms with Crippen LogP contribution >= 0.6 is 0 Å². The molecule has 0 spiro atoms. The van der Waals surface area contributed by atoms with Crippen LogP contribution < -0.4 is 10.2 Å². The second-order valence-electron chi connectivity index (χ2n) is 6.82. The van der Waals surface area contributed by atoms with Gasteiger partial charge in [0.1, 0.15) is 11.7 Å². The number of halogens is 3. The molecule has 0 saturated heterocycles. The molecule has 0 bridgehead atoms. The van der Waals surface area contributed by atoms with Gasteiger partial charge in [0.25, 0.3) is 0 Å². The quantitative estimate of drug-likeness (QED) is 0.787. The predicted octanol–water partition coefficient (Wildman–Crippen LogP) is 5.09. The van der Waals surface area contributed by atoms with Crippen molar-refractivity contribution < 1.29 is 22.7 Å². The molecule has 0 radical (unpaired) electrons. The Morgan fingerprint density at radius 2 is 1.82 bits per heavy atom. The van der Waals surface area contributed by atoms with E-state index in [2.05, 4.69) is 10.3 Å². The number of carbonyl (C=O) groups is 1. The smallest absolute Gasteiger partial charge is 0.420 e. The summed E-state index contributed by atoms with van der Waals surface area (Å²) in [6.07, 6.45) is -3.98. The Morgan fingerprint density at radius 1 is 1.21 bits per heavy atom. The van der Waals surface area contributed by atoms with Crippen LogP contribution in [0.1, 0.15) is 31.9 Å². The second-order valence-corrected chi connectivity index (χ2v) is 6.82. The second kappa shape index (κ2) is 7.76. The first-order chi connectivity index (χ1) is 13.0. The van der Waals surface area contributed by atoms with E-state index in [4.69, 9.17) is 4.74 Å². The monoisotopic (exact) mass is 392 g/mol. The summed E-state index contributed by atoms with van der Waals surface area (Å²) in [5, 5.41) is 12.3. The Morgan fingerprint density at radius 3 is 2.29 bits per heavy atom. The average Bonchev–Trinajstić information content (AvgIpc) is 2.60. The fourth-order valence-corrected chi connectivity index (χ4v) is 2.28. The first-order valence-electron chi connectivity index (χ1n) is 8.24. The van der Waals surface area contributed by atoms with E-state index < -0.39 is 23.4 Å². The molecule has 0 saturated carbocycles. The number of nitrogens with one attached hydrogen (secondary N) is 1. The van der Waals surface area contributed by atoms with Gasteiger partial charge in [0.2, 0.25) is 0 Å². The van der Waals surface area contributed by atoms with Crippen LogP contribution in [0.15, 0.2) is 36.5 Å². The van der Waals surface area contributed by atoms with E-state index in [1.807, 2.05) is 6.07 Å². The molecule has 0 atom stereocenters. The Kier molecular flexibility index (Phi) is 5.83. The fourth-order valence-electron chi connectivity index (χ4n) is 2.28. The summed E-state index contributed by atoms with van der Waals surface area (Å²) in [6.45, 7) is 4.95. The molecule has 148 valence electrons. The highest BCUT2D eigenvalue weighted by molar-refractivity contribution is 5.96. The molecule has 0 aliphatic carbocycles. The van der Waals surface area contributed by atoms with Gasteiger partial charge in [0, 0.05) is 7.05 Å². The van der Waals surface area contributed by atoms with Crippen molar-refractivity contribution in [3.8, 4) is 6.07 Å². The highest BCUT2D eigenvalue weighted by atomic mass is 19.4. The van der Waals surface area contributed by atoms with Crippen molar-refractivity contribution in [3.05, 3.63) is 47.7 Å². The van der Waals surface area contributed by atoms with E-state index in [0.29, 0.717) is 5.69 Å². The summed E-state index contributed by atoms with van der Waals surface area (Å²) in [5.41, 5.74) is -1.05. The highest BCUT2D eigenvalue weighted by Gasteiger charge is 2.32. The molecule has 9 heteroatoms. The predicted molar refractivity (Wildman–Crippen MR) is 98.3 cm³/mol. The summed E-state index contributed by atoms with van der Waals surface area (Å²) in [4.78, 5) is 17.9. The largest absolute Gasteiger partial charge is 0.443 e. The van der Waals surface area contributed by atoms with Gasteiger partial charge in [-0.15, -0.1) is 0 Å². The molecule has 2 aromatic rings. The van der Waals surface area contributed by atoms with Crippen molar-refractivity contribution in [2.45, 2.75) is 32.5 Å². The maximum atomic E-state index is 12.9. The first kappa shape index (κ1) is 21.0. The zero-order valence-corrected chi connectivity index (χ0v) is 15.8. The van der Waals surface area contributed by atoms with Crippen LogP contribution in [-0.2, 0) is 10.9 Å². The van der Waals surface area contributed by atoms with Gasteiger partial charge in [-0.1, -0.05) is 0 Å². The lowest BCUT2D eigenvalue weighted by Crippen LogP contribution is -2.34. The first-order valence-corrected chi connectivity index (χ1v) is 8.24. The van der Waals surface area contributed by atoms with Crippen LogP contribution in [-0.4, -0.2) is 23.7 Å². The molecular formula is C19H19F3N4O2. The SMILES string of the molecule is CNc1cnc(N(C(=O)OC(C)(C)C)c2ccc(C(F)(F)F)cc2)c(C#N)c1. The van der Waals surface area contributed by atoms with E-state index in [1.165, 1.54) is 12.3 Å². The Labute approximate surface area is 160 Å². The van der Waals surface area contributed by atoms with E-state index in [-0.39, 0.29) is 17.1 Å². The number of hydrogen-bond donors (Lipinski definition) is 1. The number of alkyl halides is 3. The Balaban J connectivity index is 2.59. The molecule has 0 unspecified atom stereocenters. The summed E-state index contributed by atoms with van der Waals surface area (Å²) in [7, 11) is 1.64. The van der Waals surface area contributed by atoms with Crippen LogP contribution in [0.2, 0.25) is 0 Å². The number of anilines is 3. The maximum absolute atomic E-state index is 12.9. The van der Waals surface area contributed by atoms with Gasteiger partial charge in [-0.25, -0.2) is 14.7 Å². The van der Waals surface area contributed by atoms with Gasteiger partial charge in [-0.2, -0.15) is 18.4 Å². The number of benzene rings is 1. The number of hydrogen-bond acceptors (Lipinski definition) is 5. The number of nitriles is 1. The Hall–Kier alpha value is -3.28. The van der Waals surface area contributed by atoms with Gasteiger partial charge in [-0.3, -0.25) is 0 Å². The molecule has 1 N–H and O–H groups in total. The topological polar surface area (TPSA) is 78.2 Å². The molecule has 1 aromatic heterocycles. The number of aromatic nitrogens is 1. The minimum absolute atomic E-state index is 0.0458. The zero-order valence-electron chi connectivity index (χ0n) is 15.8. The van der Waals surface area contributed by atoms with Crippen molar-refractivity contribution >= 4 is 23.3 Å². The fraction of sp³-hybridized carbons (Fsp3) is 0.316. The zero-order chi connectivity index (χ0) is 21.1. The van der Waals surface area contributed by atoms with E-state index >= 15 is 0 Å². The number of carbonyl (C=O) groups excluding carboxylic acids is 1. The lowest BCUT2D eigenvalue weighted by Gasteiger charge is -2.27. The third kappa shape index (κ3) is 4.91. The molecule has 1 heterocycles. The summed E-state index contributed by atoms with van der Waals surface area (Å²) in [5.74, 6) is -0.0458. The van der Waals surface area contributed by atoms with Crippen molar-refractivity contribution in [2.75, 3.05) is 17.3 Å². The lowest BCUT2D eigenvalue weighted by atomic mass is 10.1. The normalized spacial score (nSPS) is 11.5. The van der Waals surface area contributed by atoms with Gasteiger partial charge < -0.3 is 10.1 Å². The molecule has 0 aliphatic heterocycles. The summed E-state index contributed by atoms with van der Waals surface area (Å²) < 4.78 is 43.9. The summed E-state index contributed by atoms with van der Waals surface area (Å²) >= 11 is 0. The highest BCUT2D eigenvalue weighted by Crippen LogP contribution is 2.34. The van der Waals surface area contributed by atoms with E-state index in [0.717, 1.165) is 29.2 Å². The third-order valence-electron chi connectivity index (χ3n) is 3.52.